The number of phosphoric ester groups is 1. The van der Waals surface area contributed by atoms with Crippen molar-refractivity contribution in [2.45, 2.75) is 6.42 Å². The second-order valence-electron chi connectivity index (χ2n) is 6.78. The number of phosphoric acid groups is 1. The van der Waals surface area contributed by atoms with Crippen molar-refractivity contribution >= 4 is 13.4 Å². The van der Waals surface area contributed by atoms with E-state index in [4.69, 9.17) is 19.9 Å². The third-order valence-electron chi connectivity index (χ3n) is 4.40. The fourth-order valence-electron chi connectivity index (χ4n) is 2.69. The first-order valence-corrected chi connectivity index (χ1v) is 11.5. The average molecular weight is 490 g/mol. The summed E-state index contributed by atoms with van der Waals surface area (Å²) in [5, 5.41) is 6.77. The second-order valence-corrected chi connectivity index (χ2v) is 8.34. The average Bonchev–Trinajstić information content (AvgIpc) is 3.29. The predicted molar refractivity (Wildman–Crippen MR) is 122 cm³/mol. The van der Waals surface area contributed by atoms with E-state index in [2.05, 4.69) is 24.5 Å². The maximum Gasteiger partial charge on any atom is 0.473 e. The lowest BCUT2D eigenvalue weighted by Crippen LogP contribution is -2.09. The van der Waals surface area contributed by atoms with Crippen LogP contribution in [-0.4, -0.2) is 35.4 Å². The molecule has 1 atom stereocenters. The van der Waals surface area contributed by atoms with E-state index < -0.39 is 13.6 Å². The Hall–Kier alpha value is -3.34. The molecule has 0 bridgehead atoms. The van der Waals surface area contributed by atoms with Gasteiger partial charge < -0.3 is 25.2 Å². The van der Waals surface area contributed by atoms with Crippen molar-refractivity contribution in [1.29, 1.82) is 0 Å². The Morgan fingerprint density at radius 3 is 2.82 bits per heavy atom. The van der Waals surface area contributed by atoms with Crippen LogP contribution in [0.25, 0.3) is 5.57 Å². The van der Waals surface area contributed by atoms with Gasteiger partial charge in [-0.15, -0.1) is 0 Å². The molecule has 0 saturated heterocycles. The zero-order valence-corrected chi connectivity index (χ0v) is 19.2. The Balaban J connectivity index is 1.55. The molecule has 10 nitrogen and oxygen atoms in total. The fourth-order valence-corrected chi connectivity index (χ4v) is 3.03. The lowest BCUT2D eigenvalue weighted by Gasteiger charge is -2.08. The summed E-state index contributed by atoms with van der Waals surface area (Å²) in [5.41, 5.74) is 8.16. The monoisotopic (exact) mass is 490 g/mol. The van der Waals surface area contributed by atoms with Crippen LogP contribution < -0.4 is 15.8 Å². The Morgan fingerprint density at radius 2 is 2.12 bits per heavy atom. The lowest BCUT2D eigenvalue weighted by molar-refractivity contribution is 0.168. The first-order valence-electron chi connectivity index (χ1n) is 10.1. The van der Waals surface area contributed by atoms with Gasteiger partial charge in [-0.05, 0) is 42.1 Å². The molecule has 180 valence electrons. The third-order valence-corrected chi connectivity index (χ3v) is 5.31. The van der Waals surface area contributed by atoms with Crippen molar-refractivity contribution < 1.29 is 32.2 Å². The summed E-state index contributed by atoms with van der Waals surface area (Å²) in [6.45, 7) is -0.00188. The Labute approximate surface area is 195 Å². The fraction of sp³-hybridized carbons (Fsp3) is 0.182. The van der Waals surface area contributed by atoms with E-state index in [0.29, 0.717) is 29.2 Å². The summed E-state index contributed by atoms with van der Waals surface area (Å²) in [7, 11) is -2.94. The van der Waals surface area contributed by atoms with Gasteiger partial charge in [0.2, 0.25) is 0 Å². The van der Waals surface area contributed by atoms with Crippen LogP contribution in [0.2, 0.25) is 0 Å². The van der Waals surface area contributed by atoms with Crippen LogP contribution in [0, 0.1) is 5.82 Å². The number of halogens is 1. The number of benzene rings is 1. The summed E-state index contributed by atoms with van der Waals surface area (Å²) in [5.74, 6) is 0.359. The van der Waals surface area contributed by atoms with Gasteiger partial charge in [-0.25, -0.2) is 13.9 Å². The van der Waals surface area contributed by atoms with Gasteiger partial charge in [-0.2, -0.15) is 0 Å². The summed E-state index contributed by atoms with van der Waals surface area (Å²) < 4.78 is 44.6. The molecule has 0 fully saturated rings. The van der Waals surface area contributed by atoms with Gasteiger partial charge in [-0.3, -0.25) is 9.05 Å². The van der Waals surface area contributed by atoms with E-state index in [1.165, 1.54) is 24.5 Å². The number of nitrogens with two attached hydrogens (primary N) is 1. The molecule has 1 unspecified atom stereocenters. The largest absolute Gasteiger partial charge is 0.473 e. The molecule has 3 aromatic rings. The van der Waals surface area contributed by atoms with Crippen LogP contribution in [0.4, 0.5) is 4.39 Å². The van der Waals surface area contributed by atoms with Crippen molar-refractivity contribution in [3.05, 3.63) is 89.8 Å². The minimum absolute atomic E-state index is 0.0855. The van der Waals surface area contributed by atoms with Gasteiger partial charge in [0.05, 0.1) is 5.69 Å². The lowest BCUT2D eigenvalue weighted by atomic mass is 10.1. The predicted octanol–water partition coefficient (Wildman–Crippen LogP) is 3.76. The number of aromatic nitrogens is 2. The van der Waals surface area contributed by atoms with Crippen LogP contribution in [-0.2, 0) is 20.0 Å². The molecule has 0 radical (unpaired) electrons. The number of ether oxygens (including phenoxy) is 1. The molecule has 34 heavy (non-hydrogen) atoms. The minimum atomic E-state index is -4.02. The molecule has 3 rings (SSSR count). The van der Waals surface area contributed by atoms with Crippen LogP contribution >= 0.6 is 7.82 Å². The van der Waals surface area contributed by atoms with Crippen LogP contribution in [0.1, 0.15) is 17.0 Å². The van der Waals surface area contributed by atoms with E-state index in [0.717, 1.165) is 12.7 Å². The highest BCUT2D eigenvalue weighted by atomic mass is 31.2. The molecular formula is C22H24FN4O6P. The number of nitrogens with one attached hydrogen (secondary N) is 1. The number of rotatable bonds is 12. The number of hydrogen-bond acceptors (Lipinski definition) is 9. The molecule has 1 aromatic carbocycles. The van der Waals surface area contributed by atoms with Crippen LogP contribution in [0.3, 0.4) is 0 Å². The van der Waals surface area contributed by atoms with Gasteiger partial charge in [-0.1, -0.05) is 23.4 Å². The van der Waals surface area contributed by atoms with Crippen molar-refractivity contribution in [2.24, 2.45) is 5.73 Å². The van der Waals surface area contributed by atoms with Crippen LogP contribution in [0.5, 0.6) is 11.6 Å². The number of pyridine rings is 1. The molecule has 4 N–H and O–H groups in total. The van der Waals surface area contributed by atoms with Crippen molar-refractivity contribution in [3.63, 3.8) is 0 Å². The van der Waals surface area contributed by atoms with Crippen LogP contribution in [0.15, 0.2) is 71.5 Å². The SMILES string of the molecule is COP(=O)(O)OCN/C=C\C=C(/CN)c1cc(Cc2ccc(Oc3ncccc3F)cc2)no1. The summed E-state index contributed by atoms with van der Waals surface area (Å²) in [6.07, 6.45) is 6.84. The van der Waals surface area contributed by atoms with Gasteiger partial charge in [0, 0.05) is 37.9 Å². The molecular weight excluding hydrogens is 466 g/mol. The number of hydrogen-bond donors (Lipinski definition) is 3. The molecule has 0 aliphatic carbocycles. The van der Waals surface area contributed by atoms with Gasteiger partial charge in [0.25, 0.3) is 5.88 Å². The topological polar surface area (TPSA) is 142 Å². The van der Waals surface area contributed by atoms with E-state index in [-0.39, 0.29) is 19.2 Å². The van der Waals surface area contributed by atoms with Gasteiger partial charge in [0.1, 0.15) is 12.5 Å². The Morgan fingerprint density at radius 1 is 1.32 bits per heavy atom. The van der Waals surface area contributed by atoms with E-state index in [1.54, 1.807) is 30.4 Å². The highest BCUT2D eigenvalue weighted by Gasteiger charge is 2.17. The highest BCUT2D eigenvalue weighted by Crippen LogP contribution is 2.41. The van der Waals surface area contributed by atoms with E-state index in [1.807, 2.05) is 12.1 Å². The van der Waals surface area contributed by atoms with E-state index in [9.17, 15) is 8.96 Å². The number of allylic oxidation sites excluding steroid dienone is 2. The van der Waals surface area contributed by atoms with Crippen molar-refractivity contribution in [1.82, 2.24) is 15.5 Å². The molecule has 0 aliphatic rings. The quantitative estimate of drug-likeness (QED) is 0.149. The smallest absolute Gasteiger partial charge is 0.436 e. The maximum atomic E-state index is 13.7. The van der Waals surface area contributed by atoms with Crippen molar-refractivity contribution in [3.8, 4) is 11.6 Å². The molecule has 2 aromatic heterocycles. The molecule has 0 aliphatic heterocycles. The summed E-state index contributed by atoms with van der Waals surface area (Å²) in [4.78, 5) is 13.0. The summed E-state index contributed by atoms with van der Waals surface area (Å²) in [6, 6.07) is 11.7. The molecule has 0 spiro atoms. The third kappa shape index (κ3) is 7.62. The molecule has 0 amide bonds. The Bertz CT molecular complexity index is 1180. The Kier molecular flexibility index (Phi) is 9.08. The zero-order valence-electron chi connectivity index (χ0n) is 18.3. The van der Waals surface area contributed by atoms with Gasteiger partial charge in [0.15, 0.2) is 11.6 Å². The van der Waals surface area contributed by atoms with Crippen molar-refractivity contribution in [2.75, 3.05) is 20.4 Å². The number of nitrogens with zero attached hydrogens (tertiary/aromatic N) is 2. The molecule has 0 saturated carbocycles. The maximum absolute atomic E-state index is 13.7. The molecule has 2 heterocycles. The normalized spacial score (nSPS) is 13.7. The van der Waals surface area contributed by atoms with E-state index >= 15 is 0 Å². The first-order chi connectivity index (χ1) is 16.4. The zero-order chi connectivity index (χ0) is 24.4. The first kappa shape index (κ1) is 25.3. The standard InChI is InChI=1S/C22H24FN4O6P/c1-30-34(28,29)31-15-25-10-2-4-17(14-24)21-13-18(27-33-21)12-16-6-8-19(9-7-16)32-22-20(23)5-3-11-26-22/h2-11,13,25H,12,14-15,24H2,1H3,(H,28,29)/b10-2-,17-4+. The summed E-state index contributed by atoms with van der Waals surface area (Å²) >= 11 is 0. The highest BCUT2D eigenvalue weighted by molar-refractivity contribution is 7.47. The minimum Gasteiger partial charge on any atom is -0.436 e. The second kappa shape index (κ2) is 12.2. The molecule has 12 heteroatoms. The van der Waals surface area contributed by atoms with Gasteiger partial charge >= 0.3 is 7.82 Å².